The average molecular weight is 325 g/mol. The Labute approximate surface area is 120 Å². The topological polar surface area (TPSA) is 46.2 Å². The first-order valence-electron chi connectivity index (χ1n) is 6.48. The fourth-order valence-electron chi connectivity index (χ4n) is 2.56. The van der Waals surface area contributed by atoms with E-state index < -0.39 is 50.0 Å². The van der Waals surface area contributed by atoms with Crippen molar-refractivity contribution in [3.8, 4) is 0 Å². The first kappa shape index (κ1) is 16.2. The van der Waals surface area contributed by atoms with Crippen molar-refractivity contribution in [3.63, 3.8) is 0 Å². The summed E-state index contributed by atoms with van der Waals surface area (Å²) < 4.78 is 78.1. The molecule has 21 heavy (non-hydrogen) atoms. The summed E-state index contributed by atoms with van der Waals surface area (Å²) in [6.45, 7) is 1.75. The predicted octanol–water partition coefficient (Wildman–Crippen LogP) is 2.76. The van der Waals surface area contributed by atoms with Crippen LogP contribution in [0.5, 0.6) is 0 Å². The van der Waals surface area contributed by atoms with Crippen molar-refractivity contribution < 1.29 is 26.0 Å². The first-order valence-corrected chi connectivity index (χ1v) is 8.14. The van der Waals surface area contributed by atoms with Crippen LogP contribution in [0.2, 0.25) is 0 Å². The van der Waals surface area contributed by atoms with Crippen molar-refractivity contribution in [2.24, 2.45) is 0 Å². The second-order valence-corrected chi connectivity index (χ2v) is 7.12. The van der Waals surface area contributed by atoms with Gasteiger partial charge in [-0.25, -0.2) is 12.8 Å². The molecular formula is C13H15F4NO2S. The minimum Gasteiger partial charge on any atom is -0.300 e. The van der Waals surface area contributed by atoms with E-state index in [0.717, 1.165) is 12.1 Å². The summed E-state index contributed by atoms with van der Waals surface area (Å²) in [4.78, 5) is -0.448. The molecule has 1 heterocycles. The smallest absolute Gasteiger partial charge is 0.300 e. The lowest BCUT2D eigenvalue weighted by Crippen LogP contribution is -2.57. The van der Waals surface area contributed by atoms with Crippen LogP contribution in [-0.2, 0) is 15.4 Å². The quantitative estimate of drug-likeness (QED) is 0.687. The lowest BCUT2D eigenvalue weighted by molar-refractivity contribution is -0.203. The van der Waals surface area contributed by atoms with Gasteiger partial charge in [0.2, 0.25) is 0 Å². The van der Waals surface area contributed by atoms with Crippen molar-refractivity contribution in [1.82, 2.24) is 5.32 Å². The lowest BCUT2D eigenvalue weighted by Gasteiger charge is -2.41. The number of halogens is 4. The number of rotatable bonds is 3. The molecular weight excluding hydrogens is 310 g/mol. The van der Waals surface area contributed by atoms with E-state index in [4.69, 9.17) is 0 Å². The summed E-state index contributed by atoms with van der Waals surface area (Å²) in [6.07, 6.45) is -4.94. The molecule has 1 unspecified atom stereocenters. The van der Waals surface area contributed by atoms with Gasteiger partial charge in [0.1, 0.15) is 11.4 Å². The van der Waals surface area contributed by atoms with Crippen LogP contribution < -0.4 is 5.32 Å². The Hall–Kier alpha value is -1.15. The van der Waals surface area contributed by atoms with Crippen LogP contribution in [-0.4, -0.2) is 26.9 Å². The Kier molecular flexibility index (Phi) is 4.05. The van der Waals surface area contributed by atoms with Crippen LogP contribution in [0.4, 0.5) is 17.6 Å². The Balaban J connectivity index is 2.71. The third kappa shape index (κ3) is 2.66. The van der Waals surface area contributed by atoms with Gasteiger partial charge >= 0.3 is 6.18 Å². The summed E-state index contributed by atoms with van der Waals surface area (Å²) in [5, 5.41) is 2.39. The highest BCUT2D eigenvalue weighted by atomic mass is 32.2. The van der Waals surface area contributed by atoms with Gasteiger partial charge < -0.3 is 0 Å². The van der Waals surface area contributed by atoms with Gasteiger partial charge in [0.05, 0.1) is 10.6 Å². The molecule has 1 N–H and O–H groups in total. The van der Waals surface area contributed by atoms with Gasteiger partial charge in [0.15, 0.2) is 9.84 Å². The third-order valence-electron chi connectivity index (χ3n) is 3.64. The van der Waals surface area contributed by atoms with E-state index >= 15 is 0 Å². The molecule has 0 amide bonds. The lowest BCUT2D eigenvalue weighted by atomic mass is 9.85. The number of alkyl halides is 3. The zero-order chi connectivity index (χ0) is 15.9. The second-order valence-electron chi connectivity index (χ2n) is 5.04. The van der Waals surface area contributed by atoms with Crippen LogP contribution in [0.25, 0.3) is 0 Å². The monoisotopic (exact) mass is 325 g/mol. The zero-order valence-corrected chi connectivity index (χ0v) is 12.1. The van der Waals surface area contributed by atoms with E-state index in [1.165, 1.54) is 0 Å². The molecule has 0 saturated carbocycles. The summed E-state index contributed by atoms with van der Waals surface area (Å²) in [7, 11) is -3.82. The van der Waals surface area contributed by atoms with Crippen molar-refractivity contribution >= 4 is 9.84 Å². The molecule has 0 bridgehead atoms. The fourth-order valence-corrected chi connectivity index (χ4v) is 4.19. The van der Waals surface area contributed by atoms with E-state index in [-0.39, 0.29) is 6.54 Å². The minimum atomic E-state index is -4.72. The van der Waals surface area contributed by atoms with Gasteiger partial charge in [0, 0.05) is 5.56 Å². The Morgan fingerprint density at radius 2 is 2.00 bits per heavy atom. The van der Waals surface area contributed by atoms with Crippen LogP contribution in [0, 0.1) is 5.82 Å². The van der Waals surface area contributed by atoms with E-state index in [1.807, 2.05) is 0 Å². The van der Waals surface area contributed by atoms with Crippen molar-refractivity contribution in [2.75, 3.05) is 12.3 Å². The molecule has 8 heteroatoms. The molecule has 1 atom stereocenters. The molecule has 0 aromatic heterocycles. The highest BCUT2D eigenvalue weighted by Crippen LogP contribution is 2.47. The van der Waals surface area contributed by atoms with E-state index in [9.17, 15) is 26.0 Å². The van der Waals surface area contributed by atoms with Gasteiger partial charge in [-0.3, -0.25) is 5.32 Å². The van der Waals surface area contributed by atoms with Crippen molar-refractivity contribution in [1.29, 1.82) is 0 Å². The van der Waals surface area contributed by atoms with Crippen LogP contribution in [0.3, 0.4) is 0 Å². The molecule has 118 valence electrons. The Bertz CT molecular complexity index is 642. The number of hydrogen-bond acceptors (Lipinski definition) is 3. The summed E-state index contributed by atoms with van der Waals surface area (Å²) in [5.41, 5.74) is -3.07. The molecule has 0 radical (unpaired) electrons. The number of fused-ring (bicyclic) bond motifs is 1. The first-order chi connectivity index (χ1) is 9.64. The SMILES string of the molecule is CCCNC1(C(F)(F)F)CCS(=O)(=O)c2ccc(F)cc21. The molecule has 2 rings (SSSR count). The van der Waals surface area contributed by atoms with Gasteiger partial charge in [-0.2, -0.15) is 13.2 Å². The van der Waals surface area contributed by atoms with Crippen molar-refractivity contribution in [3.05, 3.63) is 29.6 Å². The molecule has 3 nitrogen and oxygen atoms in total. The van der Waals surface area contributed by atoms with Crippen LogP contribution in [0.15, 0.2) is 23.1 Å². The molecule has 1 aliphatic rings. The highest BCUT2D eigenvalue weighted by Gasteiger charge is 2.59. The minimum absolute atomic E-state index is 0.0511. The Morgan fingerprint density at radius 3 is 2.57 bits per heavy atom. The highest BCUT2D eigenvalue weighted by molar-refractivity contribution is 7.91. The fraction of sp³-hybridized carbons (Fsp3) is 0.538. The number of sulfone groups is 1. The molecule has 0 fully saturated rings. The van der Waals surface area contributed by atoms with Crippen molar-refractivity contribution in [2.45, 2.75) is 36.4 Å². The molecule has 1 aliphatic heterocycles. The molecule has 1 aromatic rings. The van der Waals surface area contributed by atoms with Gasteiger partial charge in [-0.15, -0.1) is 0 Å². The molecule has 1 aromatic carbocycles. The molecule has 0 saturated heterocycles. The maximum Gasteiger partial charge on any atom is 0.410 e. The normalized spacial score (nSPS) is 24.6. The number of nitrogens with one attached hydrogen (secondary N) is 1. The summed E-state index contributed by atoms with van der Waals surface area (Å²) >= 11 is 0. The van der Waals surface area contributed by atoms with Crippen LogP contribution >= 0.6 is 0 Å². The number of benzene rings is 1. The summed E-state index contributed by atoms with van der Waals surface area (Å²) in [5.74, 6) is -1.51. The van der Waals surface area contributed by atoms with Gasteiger partial charge in [-0.05, 0) is 37.6 Å². The van der Waals surface area contributed by atoms with Gasteiger partial charge in [0.25, 0.3) is 0 Å². The maximum atomic E-state index is 13.6. The standard InChI is InChI=1S/C13H15F4NO2S/c1-2-6-18-12(13(15,16)17)5-7-21(19,20)11-4-3-9(14)8-10(11)12/h3-4,8,18H,2,5-7H2,1H3. The summed E-state index contributed by atoms with van der Waals surface area (Å²) in [6, 6.07) is 2.44. The predicted molar refractivity (Wildman–Crippen MR) is 69.1 cm³/mol. The molecule has 0 spiro atoms. The Morgan fingerprint density at radius 1 is 1.33 bits per heavy atom. The molecule has 0 aliphatic carbocycles. The second kappa shape index (κ2) is 5.24. The average Bonchev–Trinajstić information content (AvgIpc) is 2.36. The zero-order valence-electron chi connectivity index (χ0n) is 11.3. The largest absolute Gasteiger partial charge is 0.410 e. The van der Waals surface area contributed by atoms with E-state index in [2.05, 4.69) is 5.32 Å². The maximum absolute atomic E-state index is 13.6. The number of hydrogen-bond donors (Lipinski definition) is 1. The van der Waals surface area contributed by atoms with E-state index in [1.54, 1.807) is 6.92 Å². The third-order valence-corrected chi connectivity index (χ3v) is 5.41. The van der Waals surface area contributed by atoms with E-state index in [0.29, 0.717) is 12.5 Å². The van der Waals surface area contributed by atoms with Crippen LogP contribution in [0.1, 0.15) is 25.3 Å². The van der Waals surface area contributed by atoms with Gasteiger partial charge in [-0.1, -0.05) is 6.92 Å².